The van der Waals surface area contributed by atoms with Crippen LogP contribution in [0.15, 0.2) is 0 Å². The van der Waals surface area contributed by atoms with Crippen molar-refractivity contribution in [3.63, 3.8) is 0 Å². The van der Waals surface area contributed by atoms with E-state index in [1.165, 1.54) is 4.31 Å². The Bertz CT molecular complexity index is 507. The average Bonchev–Trinajstić information content (AvgIpc) is 2.26. The third-order valence-electron chi connectivity index (χ3n) is 3.50. The van der Waals surface area contributed by atoms with Gasteiger partial charge in [0, 0.05) is 19.5 Å². The first-order valence-corrected chi connectivity index (χ1v) is 8.26. The zero-order valence-electron chi connectivity index (χ0n) is 12.2. The van der Waals surface area contributed by atoms with Gasteiger partial charge in [0.25, 0.3) is 0 Å². The zero-order valence-corrected chi connectivity index (χ0v) is 13.0. The summed E-state index contributed by atoms with van der Waals surface area (Å²) < 4.78 is 26.1. The first-order valence-electron chi connectivity index (χ1n) is 6.65. The lowest BCUT2D eigenvalue weighted by Gasteiger charge is -2.35. The molecule has 1 aliphatic heterocycles. The van der Waals surface area contributed by atoms with E-state index in [4.69, 9.17) is 10.4 Å². The summed E-state index contributed by atoms with van der Waals surface area (Å²) in [7, 11) is -3.54. The van der Waals surface area contributed by atoms with Gasteiger partial charge in [-0.3, -0.25) is 4.79 Å². The molecule has 0 aromatic carbocycles. The van der Waals surface area contributed by atoms with Crippen LogP contribution in [0.4, 0.5) is 0 Å². The largest absolute Gasteiger partial charge is 0.481 e. The highest BCUT2D eigenvalue weighted by Crippen LogP contribution is 2.28. The first-order chi connectivity index (χ1) is 9.07. The number of piperidine rings is 1. The zero-order chi connectivity index (χ0) is 15.6. The molecule has 1 rings (SSSR count). The molecule has 7 heteroatoms. The Balaban J connectivity index is 2.86. The maximum atomic E-state index is 12.4. The molecule has 0 bridgehead atoms. The first kappa shape index (κ1) is 16.9. The van der Waals surface area contributed by atoms with E-state index < -0.39 is 27.3 Å². The second-order valence-electron chi connectivity index (χ2n) is 6.45. The quantitative estimate of drug-likeness (QED) is 0.825. The standard InChI is InChI=1S/C13H22N2O4S/c1-10-6-11(12(16)17)8-15(7-10)20(18,19)9-13(2,3)4-5-14/h10-11H,4,6-9H2,1-3H3,(H,16,17). The van der Waals surface area contributed by atoms with Gasteiger partial charge in [-0.05, 0) is 17.8 Å². The number of carboxylic acid groups (broad SMARTS) is 1. The van der Waals surface area contributed by atoms with Gasteiger partial charge in [0.1, 0.15) is 0 Å². The summed E-state index contributed by atoms with van der Waals surface area (Å²) in [4.78, 5) is 11.1. The molecule has 1 saturated heterocycles. The molecule has 0 amide bonds. The maximum Gasteiger partial charge on any atom is 0.307 e. The number of hydrogen-bond acceptors (Lipinski definition) is 4. The van der Waals surface area contributed by atoms with Crippen molar-refractivity contribution in [2.75, 3.05) is 18.8 Å². The maximum absolute atomic E-state index is 12.4. The van der Waals surface area contributed by atoms with Gasteiger partial charge in [0.2, 0.25) is 10.0 Å². The van der Waals surface area contributed by atoms with E-state index in [1.54, 1.807) is 13.8 Å². The Morgan fingerprint density at radius 3 is 2.55 bits per heavy atom. The van der Waals surface area contributed by atoms with Crippen molar-refractivity contribution in [1.82, 2.24) is 4.31 Å². The van der Waals surface area contributed by atoms with Gasteiger partial charge in [-0.25, -0.2) is 12.7 Å². The van der Waals surface area contributed by atoms with E-state index >= 15 is 0 Å². The van der Waals surface area contributed by atoms with Crippen LogP contribution in [0.3, 0.4) is 0 Å². The SMILES string of the molecule is CC1CC(C(=O)O)CN(S(=O)(=O)CC(C)(C)CC#N)C1. The highest BCUT2D eigenvalue weighted by Gasteiger charge is 2.37. The fourth-order valence-corrected chi connectivity index (χ4v) is 4.72. The average molecular weight is 302 g/mol. The van der Waals surface area contributed by atoms with Crippen LogP contribution in [-0.2, 0) is 14.8 Å². The van der Waals surface area contributed by atoms with E-state index in [0.717, 1.165) is 0 Å². The number of carbonyl (C=O) groups is 1. The molecule has 1 N–H and O–H groups in total. The van der Waals surface area contributed by atoms with Gasteiger partial charge in [-0.2, -0.15) is 5.26 Å². The van der Waals surface area contributed by atoms with Crippen LogP contribution in [0.2, 0.25) is 0 Å². The summed E-state index contributed by atoms with van der Waals surface area (Å²) in [5.74, 6) is -1.70. The Morgan fingerprint density at radius 1 is 1.45 bits per heavy atom. The van der Waals surface area contributed by atoms with Crippen molar-refractivity contribution in [1.29, 1.82) is 5.26 Å². The summed E-state index contributed by atoms with van der Waals surface area (Å²) in [5, 5.41) is 17.8. The van der Waals surface area contributed by atoms with Crippen LogP contribution in [0.5, 0.6) is 0 Å². The molecule has 1 aliphatic rings. The molecular weight excluding hydrogens is 280 g/mol. The molecule has 0 aliphatic carbocycles. The van der Waals surface area contributed by atoms with Crippen LogP contribution in [-0.4, -0.2) is 42.6 Å². The van der Waals surface area contributed by atoms with Crippen LogP contribution >= 0.6 is 0 Å². The number of carboxylic acids is 1. The second kappa shape index (κ2) is 6.10. The van der Waals surface area contributed by atoms with Crippen molar-refractivity contribution in [3.8, 4) is 6.07 Å². The van der Waals surface area contributed by atoms with Gasteiger partial charge in [0.15, 0.2) is 0 Å². The molecule has 0 aromatic heterocycles. The van der Waals surface area contributed by atoms with Crippen molar-refractivity contribution in [2.24, 2.45) is 17.3 Å². The highest BCUT2D eigenvalue weighted by molar-refractivity contribution is 7.89. The van der Waals surface area contributed by atoms with Crippen LogP contribution in [0.1, 0.15) is 33.6 Å². The smallest absolute Gasteiger partial charge is 0.307 e. The predicted octanol–water partition coefficient (Wildman–Crippen LogP) is 1.30. The summed E-state index contributed by atoms with van der Waals surface area (Å²) in [5.41, 5.74) is -0.632. The minimum Gasteiger partial charge on any atom is -0.481 e. The predicted molar refractivity (Wildman–Crippen MR) is 74.3 cm³/mol. The van der Waals surface area contributed by atoms with E-state index in [0.29, 0.717) is 13.0 Å². The monoisotopic (exact) mass is 302 g/mol. The number of rotatable bonds is 5. The number of nitrogens with zero attached hydrogens (tertiary/aromatic N) is 2. The summed E-state index contributed by atoms with van der Waals surface area (Å²) in [6.45, 7) is 5.71. The van der Waals surface area contributed by atoms with Gasteiger partial charge >= 0.3 is 5.97 Å². The lowest BCUT2D eigenvalue weighted by atomic mass is 9.92. The highest BCUT2D eigenvalue weighted by atomic mass is 32.2. The molecule has 6 nitrogen and oxygen atoms in total. The second-order valence-corrected chi connectivity index (χ2v) is 8.42. The van der Waals surface area contributed by atoms with E-state index in [-0.39, 0.29) is 24.6 Å². The third-order valence-corrected chi connectivity index (χ3v) is 5.73. The number of sulfonamides is 1. The van der Waals surface area contributed by atoms with Crippen LogP contribution < -0.4 is 0 Å². The Hall–Kier alpha value is -1.13. The molecule has 0 spiro atoms. The Labute approximate surface area is 120 Å². The van der Waals surface area contributed by atoms with Crippen LogP contribution in [0.25, 0.3) is 0 Å². The third kappa shape index (κ3) is 4.46. The molecule has 114 valence electrons. The van der Waals surface area contributed by atoms with E-state index in [9.17, 15) is 13.2 Å². The van der Waals surface area contributed by atoms with Crippen LogP contribution in [0, 0.1) is 28.6 Å². The minimum absolute atomic E-state index is 0.0266. The fraction of sp³-hybridized carbons (Fsp3) is 0.846. The van der Waals surface area contributed by atoms with E-state index in [2.05, 4.69) is 0 Å². The lowest BCUT2D eigenvalue weighted by Crippen LogP contribution is -2.47. The molecule has 1 heterocycles. The van der Waals surface area contributed by atoms with Gasteiger partial charge in [0.05, 0.1) is 17.7 Å². The Kier molecular flexibility index (Phi) is 5.16. The Morgan fingerprint density at radius 2 is 2.05 bits per heavy atom. The number of nitriles is 1. The van der Waals surface area contributed by atoms with E-state index in [1.807, 2.05) is 13.0 Å². The lowest BCUT2D eigenvalue weighted by molar-refractivity contribution is -0.143. The topological polar surface area (TPSA) is 98.5 Å². The molecule has 1 fully saturated rings. The number of aliphatic carboxylic acids is 1. The van der Waals surface area contributed by atoms with Gasteiger partial charge in [-0.1, -0.05) is 20.8 Å². The number of hydrogen-bond donors (Lipinski definition) is 1. The minimum atomic E-state index is -3.54. The molecule has 2 unspecified atom stereocenters. The molecule has 20 heavy (non-hydrogen) atoms. The molecule has 2 atom stereocenters. The molecule has 0 aromatic rings. The van der Waals surface area contributed by atoms with Crippen molar-refractivity contribution >= 4 is 16.0 Å². The summed E-state index contributed by atoms with van der Waals surface area (Å²) in [6.07, 6.45) is 0.654. The summed E-state index contributed by atoms with van der Waals surface area (Å²) >= 11 is 0. The van der Waals surface area contributed by atoms with Crippen molar-refractivity contribution in [3.05, 3.63) is 0 Å². The van der Waals surface area contributed by atoms with Crippen molar-refractivity contribution < 1.29 is 18.3 Å². The molecular formula is C13H22N2O4S. The molecule has 0 radical (unpaired) electrons. The van der Waals surface area contributed by atoms with Gasteiger partial charge < -0.3 is 5.11 Å². The normalized spacial score (nSPS) is 25.1. The summed E-state index contributed by atoms with van der Waals surface area (Å²) in [6, 6.07) is 1.99. The molecule has 0 saturated carbocycles. The van der Waals surface area contributed by atoms with Crippen molar-refractivity contribution in [2.45, 2.75) is 33.6 Å². The fourth-order valence-electron chi connectivity index (χ4n) is 2.56. The van der Waals surface area contributed by atoms with Gasteiger partial charge in [-0.15, -0.1) is 0 Å².